The fraction of sp³-hybridized carbons (Fsp3) is 0.375. The Kier molecular flexibility index (Phi) is 4.27. The first-order valence-corrected chi connectivity index (χ1v) is 8.31. The van der Waals surface area contributed by atoms with E-state index in [0.29, 0.717) is 29.4 Å². The van der Waals surface area contributed by atoms with Gasteiger partial charge in [-0.2, -0.15) is 5.10 Å². The highest BCUT2D eigenvalue weighted by Gasteiger charge is 2.27. The first-order valence-electron chi connectivity index (χ1n) is 7.93. The van der Waals surface area contributed by atoms with Crippen molar-refractivity contribution >= 4 is 11.6 Å². The third-order valence-electron chi connectivity index (χ3n) is 4.27. The van der Waals surface area contributed by atoms with Crippen LogP contribution in [0.4, 0.5) is 0 Å². The van der Waals surface area contributed by atoms with Gasteiger partial charge in [0, 0.05) is 6.04 Å². The number of hydrogen-bond donors (Lipinski definition) is 0. The van der Waals surface area contributed by atoms with Crippen LogP contribution in [0.2, 0.25) is 5.02 Å². The summed E-state index contributed by atoms with van der Waals surface area (Å²) < 4.78 is 7.68. The van der Waals surface area contributed by atoms with Gasteiger partial charge in [-0.1, -0.05) is 23.7 Å². The van der Waals surface area contributed by atoms with E-state index in [1.165, 1.54) is 0 Å². The number of rotatable bonds is 5. The molecule has 0 unspecified atom stereocenters. The SMILES string of the molecule is Clc1ccccc1-c1nnc(CN2CCC[C@H]2Cn2cncn2)o1. The average Bonchev–Trinajstić information content (AvgIpc) is 3.32. The second kappa shape index (κ2) is 6.70. The standard InChI is InChI=1S/C16H17ClN6O/c17-14-6-2-1-5-13(14)16-21-20-15(24-16)9-22-7-3-4-12(22)8-23-11-18-10-19-23/h1-2,5-6,10-12H,3-4,7-9H2/t12-/m0/s1. The summed E-state index contributed by atoms with van der Waals surface area (Å²) in [5, 5.41) is 13.1. The molecule has 2 aromatic heterocycles. The maximum absolute atomic E-state index is 6.19. The molecule has 0 aliphatic carbocycles. The van der Waals surface area contributed by atoms with Crippen LogP contribution in [-0.2, 0) is 13.1 Å². The van der Waals surface area contributed by atoms with Crippen LogP contribution in [0.5, 0.6) is 0 Å². The van der Waals surface area contributed by atoms with Gasteiger partial charge < -0.3 is 4.42 Å². The molecule has 4 rings (SSSR count). The number of nitrogens with zero attached hydrogens (tertiary/aromatic N) is 6. The zero-order valence-electron chi connectivity index (χ0n) is 13.0. The molecule has 0 saturated carbocycles. The lowest BCUT2D eigenvalue weighted by Crippen LogP contribution is -2.32. The van der Waals surface area contributed by atoms with Crippen LogP contribution in [0.3, 0.4) is 0 Å². The Bertz CT molecular complexity index is 803. The molecule has 8 heteroatoms. The molecule has 3 aromatic rings. The van der Waals surface area contributed by atoms with Crippen molar-refractivity contribution in [2.45, 2.75) is 32.0 Å². The van der Waals surface area contributed by atoms with Gasteiger partial charge in [-0.05, 0) is 31.5 Å². The third-order valence-corrected chi connectivity index (χ3v) is 4.60. The van der Waals surface area contributed by atoms with Gasteiger partial charge in [-0.3, -0.25) is 9.58 Å². The Morgan fingerprint density at radius 3 is 3.00 bits per heavy atom. The van der Waals surface area contributed by atoms with Crippen LogP contribution < -0.4 is 0 Å². The van der Waals surface area contributed by atoms with Crippen LogP contribution in [0.25, 0.3) is 11.5 Å². The second-order valence-corrected chi connectivity index (χ2v) is 6.27. The topological polar surface area (TPSA) is 72.9 Å². The number of halogens is 1. The van der Waals surface area contributed by atoms with E-state index < -0.39 is 0 Å². The summed E-state index contributed by atoms with van der Waals surface area (Å²) in [5.41, 5.74) is 0.763. The first-order chi connectivity index (χ1) is 11.8. The molecule has 1 aliphatic heterocycles. The van der Waals surface area contributed by atoms with E-state index >= 15 is 0 Å². The second-order valence-electron chi connectivity index (χ2n) is 5.86. The molecule has 1 aliphatic rings. The molecule has 3 heterocycles. The predicted octanol–water partition coefficient (Wildman–Crippen LogP) is 2.65. The van der Waals surface area contributed by atoms with Gasteiger partial charge in [-0.25, -0.2) is 4.98 Å². The third kappa shape index (κ3) is 3.18. The minimum absolute atomic E-state index is 0.405. The maximum atomic E-state index is 6.19. The molecule has 0 amide bonds. The molecule has 0 N–H and O–H groups in total. The number of aromatic nitrogens is 5. The first kappa shape index (κ1) is 15.3. The largest absolute Gasteiger partial charge is 0.419 e. The van der Waals surface area contributed by atoms with Gasteiger partial charge in [0.1, 0.15) is 12.7 Å². The zero-order valence-corrected chi connectivity index (χ0v) is 13.8. The summed E-state index contributed by atoms with van der Waals surface area (Å²) in [7, 11) is 0. The van der Waals surface area contributed by atoms with Gasteiger partial charge in [0.05, 0.1) is 23.7 Å². The van der Waals surface area contributed by atoms with Crippen molar-refractivity contribution < 1.29 is 4.42 Å². The zero-order chi connectivity index (χ0) is 16.4. The summed E-state index contributed by atoms with van der Waals surface area (Å²) in [6.45, 7) is 2.48. The average molecular weight is 345 g/mol. The van der Waals surface area contributed by atoms with Gasteiger partial charge in [0.25, 0.3) is 0 Å². The van der Waals surface area contributed by atoms with Crippen molar-refractivity contribution in [2.75, 3.05) is 6.54 Å². The van der Waals surface area contributed by atoms with Crippen molar-refractivity contribution in [3.05, 3.63) is 47.8 Å². The quantitative estimate of drug-likeness (QED) is 0.708. The van der Waals surface area contributed by atoms with Gasteiger partial charge in [0.2, 0.25) is 11.8 Å². The summed E-state index contributed by atoms with van der Waals surface area (Å²) in [4.78, 5) is 6.35. The van der Waals surface area contributed by atoms with Gasteiger partial charge in [-0.15, -0.1) is 10.2 Å². The molecule has 0 bridgehead atoms. The Hall–Kier alpha value is -2.25. The minimum atomic E-state index is 0.405. The van der Waals surface area contributed by atoms with E-state index in [2.05, 4.69) is 25.2 Å². The van der Waals surface area contributed by atoms with Crippen molar-refractivity contribution in [3.8, 4) is 11.5 Å². The van der Waals surface area contributed by atoms with Gasteiger partial charge >= 0.3 is 0 Å². The molecule has 1 fully saturated rings. The molecule has 0 spiro atoms. The van der Waals surface area contributed by atoms with Gasteiger partial charge in [0.15, 0.2) is 0 Å². The van der Waals surface area contributed by atoms with Crippen LogP contribution in [-0.4, -0.2) is 42.4 Å². The Morgan fingerprint density at radius 1 is 1.25 bits per heavy atom. The lowest BCUT2D eigenvalue weighted by molar-refractivity contribution is 0.200. The molecule has 1 aromatic carbocycles. The summed E-state index contributed by atoms with van der Waals surface area (Å²) in [5.74, 6) is 1.07. The number of hydrogen-bond acceptors (Lipinski definition) is 6. The van der Waals surface area contributed by atoms with E-state index in [1.807, 2.05) is 28.9 Å². The van der Waals surface area contributed by atoms with Crippen molar-refractivity contribution in [1.29, 1.82) is 0 Å². The Morgan fingerprint density at radius 2 is 2.17 bits per heavy atom. The Balaban J connectivity index is 1.46. The molecular formula is C16H17ClN6O. The molecule has 7 nitrogen and oxygen atoms in total. The fourth-order valence-corrected chi connectivity index (χ4v) is 3.30. The fourth-order valence-electron chi connectivity index (χ4n) is 3.09. The van der Waals surface area contributed by atoms with E-state index in [4.69, 9.17) is 16.0 Å². The summed E-state index contributed by atoms with van der Waals surface area (Å²) in [6, 6.07) is 7.88. The Labute approximate surface area is 144 Å². The monoisotopic (exact) mass is 344 g/mol. The van der Waals surface area contributed by atoms with Crippen LogP contribution in [0.15, 0.2) is 41.3 Å². The predicted molar refractivity (Wildman–Crippen MR) is 88.2 cm³/mol. The highest BCUT2D eigenvalue weighted by atomic mass is 35.5. The molecule has 124 valence electrons. The smallest absolute Gasteiger partial charge is 0.249 e. The molecular weight excluding hydrogens is 328 g/mol. The molecule has 1 atom stereocenters. The highest BCUT2D eigenvalue weighted by Crippen LogP contribution is 2.27. The number of likely N-dealkylation sites (tertiary alicyclic amines) is 1. The van der Waals surface area contributed by atoms with E-state index in [-0.39, 0.29) is 0 Å². The van der Waals surface area contributed by atoms with Crippen molar-refractivity contribution in [2.24, 2.45) is 0 Å². The normalized spacial score (nSPS) is 18.3. The van der Waals surface area contributed by atoms with E-state index in [9.17, 15) is 0 Å². The van der Waals surface area contributed by atoms with E-state index in [0.717, 1.165) is 31.5 Å². The van der Waals surface area contributed by atoms with Crippen LogP contribution in [0, 0.1) is 0 Å². The van der Waals surface area contributed by atoms with Crippen LogP contribution >= 0.6 is 11.6 Å². The molecule has 1 saturated heterocycles. The summed E-state index contributed by atoms with van der Waals surface area (Å²) in [6.07, 6.45) is 5.60. The minimum Gasteiger partial charge on any atom is -0.419 e. The van der Waals surface area contributed by atoms with Crippen molar-refractivity contribution in [3.63, 3.8) is 0 Å². The summed E-state index contributed by atoms with van der Waals surface area (Å²) >= 11 is 6.19. The van der Waals surface area contributed by atoms with Crippen molar-refractivity contribution in [1.82, 2.24) is 29.9 Å². The maximum Gasteiger partial charge on any atom is 0.249 e. The lowest BCUT2D eigenvalue weighted by Gasteiger charge is -2.22. The highest BCUT2D eigenvalue weighted by molar-refractivity contribution is 6.33. The van der Waals surface area contributed by atoms with Crippen LogP contribution in [0.1, 0.15) is 18.7 Å². The number of benzene rings is 1. The molecule has 24 heavy (non-hydrogen) atoms. The van der Waals surface area contributed by atoms with E-state index in [1.54, 1.807) is 12.7 Å². The lowest BCUT2D eigenvalue weighted by atomic mass is 10.2. The molecule has 0 radical (unpaired) electrons.